The van der Waals surface area contributed by atoms with Gasteiger partial charge < -0.3 is 14.6 Å². The minimum Gasteiger partial charge on any atom is -0.390 e. The molecule has 1 N–H and O–H groups in total. The summed E-state index contributed by atoms with van der Waals surface area (Å²) in [6.07, 6.45) is 1.55. The van der Waals surface area contributed by atoms with Crippen LogP contribution in [0.4, 0.5) is 0 Å². The first-order chi connectivity index (χ1) is 6.03. The van der Waals surface area contributed by atoms with E-state index >= 15 is 0 Å². The fourth-order valence-corrected chi connectivity index (χ4v) is 2.46. The summed E-state index contributed by atoms with van der Waals surface area (Å²) >= 11 is 0. The molecule has 76 valence electrons. The van der Waals surface area contributed by atoms with Crippen LogP contribution in [0.1, 0.15) is 33.6 Å². The second-order valence-corrected chi connectivity index (χ2v) is 4.54. The Kier molecular flexibility index (Phi) is 2.13. The minimum atomic E-state index is -0.510. The molecular weight excluding hydrogens is 168 g/mol. The molecule has 3 nitrogen and oxygen atoms in total. The van der Waals surface area contributed by atoms with E-state index in [0.29, 0.717) is 5.92 Å². The molecule has 1 heterocycles. The molecule has 1 aliphatic carbocycles. The fourth-order valence-electron chi connectivity index (χ4n) is 2.46. The van der Waals surface area contributed by atoms with Crippen LogP contribution in [0.15, 0.2) is 0 Å². The van der Waals surface area contributed by atoms with Crippen LogP contribution in [-0.4, -0.2) is 29.2 Å². The summed E-state index contributed by atoms with van der Waals surface area (Å²) in [4.78, 5) is 0. The van der Waals surface area contributed by atoms with Crippen molar-refractivity contribution < 1.29 is 14.6 Å². The van der Waals surface area contributed by atoms with E-state index in [1.165, 1.54) is 0 Å². The van der Waals surface area contributed by atoms with Crippen molar-refractivity contribution in [3.05, 3.63) is 0 Å². The number of rotatable bonds is 1. The number of fused-ring (bicyclic) bond motifs is 1. The van der Waals surface area contributed by atoms with E-state index in [2.05, 4.69) is 6.92 Å². The Morgan fingerprint density at radius 1 is 1.31 bits per heavy atom. The molecule has 0 bridgehead atoms. The zero-order valence-electron chi connectivity index (χ0n) is 8.49. The van der Waals surface area contributed by atoms with Gasteiger partial charge in [0.05, 0.1) is 12.2 Å². The Labute approximate surface area is 79.0 Å². The van der Waals surface area contributed by atoms with Gasteiger partial charge in [-0.3, -0.25) is 0 Å². The summed E-state index contributed by atoms with van der Waals surface area (Å²) < 4.78 is 11.4. The highest BCUT2D eigenvalue weighted by Crippen LogP contribution is 2.42. The van der Waals surface area contributed by atoms with Crippen molar-refractivity contribution >= 4 is 0 Å². The third-order valence-corrected chi connectivity index (χ3v) is 3.08. The molecule has 0 amide bonds. The van der Waals surface area contributed by atoms with Gasteiger partial charge in [-0.1, -0.05) is 13.3 Å². The second kappa shape index (κ2) is 2.94. The van der Waals surface area contributed by atoms with Crippen molar-refractivity contribution in [2.75, 3.05) is 0 Å². The van der Waals surface area contributed by atoms with Crippen LogP contribution in [-0.2, 0) is 9.47 Å². The van der Waals surface area contributed by atoms with Gasteiger partial charge in [-0.25, -0.2) is 0 Å². The number of hydrogen-bond donors (Lipinski definition) is 1. The molecule has 0 spiro atoms. The van der Waals surface area contributed by atoms with Gasteiger partial charge in [0.1, 0.15) is 6.10 Å². The van der Waals surface area contributed by atoms with E-state index in [9.17, 15) is 5.11 Å². The molecular formula is C10H18O3. The molecule has 13 heavy (non-hydrogen) atoms. The van der Waals surface area contributed by atoms with Gasteiger partial charge in [-0.2, -0.15) is 0 Å². The Morgan fingerprint density at radius 2 is 1.92 bits per heavy atom. The predicted molar refractivity (Wildman–Crippen MR) is 48.2 cm³/mol. The highest BCUT2D eigenvalue weighted by Gasteiger charge is 2.52. The maximum atomic E-state index is 9.73. The van der Waals surface area contributed by atoms with Gasteiger partial charge in [0, 0.05) is 0 Å². The molecule has 0 aromatic carbocycles. The van der Waals surface area contributed by atoms with Crippen molar-refractivity contribution in [1.29, 1.82) is 0 Å². The summed E-state index contributed by atoms with van der Waals surface area (Å²) in [7, 11) is 0. The summed E-state index contributed by atoms with van der Waals surface area (Å²) in [6.45, 7) is 5.95. The zero-order chi connectivity index (χ0) is 9.64. The van der Waals surface area contributed by atoms with Crippen molar-refractivity contribution in [3.63, 3.8) is 0 Å². The Hall–Kier alpha value is -0.120. The maximum absolute atomic E-state index is 9.73. The van der Waals surface area contributed by atoms with Crippen LogP contribution >= 0.6 is 0 Å². The molecule has 1 aliphatic heterocycles. The van der Waals surface area contributed by atoms with E-state index in [0.717, 1.165) is 12.8 Å². The monoisotopic (exact) mass is 186 g/mol. The molecule has 2 fully saturated rings. The standard InChI is InChI=1S/C10H18O3/c1-4-6-5-7(11)9-8(6)12-10(2,3)13-9/h6-9,11H,4-5H2,1-3H3/t6-,7-,8+,9-/m0/s1. The van der Waals surface area contributed by atoms with Gasteiger partial charge in [0.2, 0.25) is 0 Å². The number of aliphatic hydroxyl groups is 1. The van der Waals surface area contributed by atoms with E-state index < -0.39 is 5.79 Å². The molecule has 1 saturated carbocycles. The van der Waals surface area contributed by atoms with Crippen LogP contribution in [0.25, 0.3) is 0 Å². The van der Waals surface area contributed by atoms with Gasteiger partial charge in [-0.15, -0.1) is 0 Å². The van der Waals surface area contributed by atoms with E-state index in [1.54, 1.807) is 0 Å². The van der Waals surface area contributed by atoms with E-state index in [1.807, 2.05) is 13.8 Å². The zero-order valence-corrected chi connectivity index (χ0v) is 8.49. The molecule has 3 heteroatoms. The summed E-state index contributed by atoms with van der Waals surface area (Å²) in [6, 6.07) is 0. The average Bonchev–Trinajstić information content (AvgIpc) is 2.47. The minimum absolute atomic E-state index is 0.0973. The lowest BCUT2D eigenvalue weighted by Gasteiger charge is -2.21. The molecule has 1 saturated heterocycles. The normalized spacial score (nSPS) is 48.0. The first-order valence-electron chi connectivity index (χ1n) is 5.07. The SMILES string of the molecule is CC[C@H]1C[C@H](O)[C@@H]2OC(C)(C)O[C@H]12. The fraction of sp³-hybridized carbons (Fsp3) is 1.00. The van der Waals surface area contributed by atoms with Crippen molar-refractivity contribution in [1.82, 2.24) is 0 Å². The molecule has 0 aromatic heterocycles. The Bertz CT molecular complexity index is 202. The van der Waals surface area contributed by atoms with Crippen LogP contribution in [0.5, 0.6) is 0 Å². The van der Waals surface area contributed by atoms with E-state index in [4.69, 9.17) is 9.47 Å². The first kappa shape index (κ1) is 9.44. The third-order valence-electron chi connectivity index (χ3n) is 3.08. The van der Waals surface area contributed by atoms with Crippen LogP contribution in [0, 0.1) is 5.92 Å². The van der Waals surface area contributed by atoms with Crippen LogP contribution in [0.2, 0.25) is 0 Å². The van der Waals surface area contributed by atoms with Crippen LogP contribution in [0.3, 0.4) is 0 Å². The average molecular weight is 186 g/mol. The Balaban J connectivity index is 2.12. The predicted octanol–water partition coefficient (Wildman–Crippen LogP) is 1.30. The van der Waals surface area contributed by atoms with Crippen LogP contribution < -0.4 is 0 Å². The van der Waals surface area contributed by atoms with E-state index in [-0.39, 0.29) is 18.3 Å². The highest BCUT2D eigenvalue weighted by atomic mass is 16.8. The molecule has 2 aliphatic rings. The summed E-state index contributed by atoms with van der Waals surface area (Å²) in [5, 5.41) is 9.73. The van der Waals surface area contributed by atoms with Crippen molar-refractivity contribution in [3.8, 4) is 0 Å². The summed E-state index contributed by atoms with van der Waals surface area (Å²) in [5.41, 5.74) is 0. The number of hydrogen-bond acceptors (Lipinski definition) is 3. The molecule has 0 radical (unpaired) electrons. The maximum Gasteiger partial charge on any atom is 0.163 e. The van der Waals surface area contributed by atoms with Gasteiger partial charge in [-0.05, 0) is 26.2 Å². The van der Waals surface area contributed by atoms with Gasteiger partial charge in [0.15, 0.2) is 5.79 Å². The largest absolute Gasteiger partial charge is 0.390 e. The van der Waals surface area contributed by atoms with Gasteiger partial charge >= 0.3 is 0 Å². The summed E-state index contributed by atoms with van der Waals surface area (Å²) in [5.74, 6) is -0.0498. The highest BCUT2D eigenvalue weighted by molar-refractivity contribution is 4.97. The van der Waals surface area contributed by atoms with Crippen molar-refractivity contribution in [2.45, 2.75) is 57.7 Å². The lowest BCUT2D eigenvalue weighted by molar-refractivity contribution is -0.166. The number of aliphatic hydroxyl groups excluding tert-OH is 1. The quantitative estimate of drug-likeness (QED) is 0.670. The molecule has 2 rings (SSSR count). The Morgan fingerprint density at radius 3 is 2.54 bits per heavy atom. The lowest BCUT2D eigenvalue weighted by Crippen LogP contribution is -2.28. The second-order valence-electron chi connectivity index (χ2n) is 4.54. The van der Waals surface area contributed by atoms with Crippen molar-refractivity contribution in [2.24, 2.45) is 5.92 Å². The first-order valence-corrected chi connectivity index (χ1v) is 5.07. The third kappa shape index (κ3) is 1.49. The smallest absolute Gasteiger partial charge is 0.163 e. The lowest BCUT2D eigenvalue weighted by atomic mass is 10.0. The van der Waals surface area contributed by atoms with Gasteiger partial charge in [0.25, 0.3) is 0 Å². The number of ether oxygens (including phenoxy) is 2. The molecule has 0 aromatic rings. The topological polar surface area (TPSA) is 38.7 Å². The molecule has 0 unspecified atom stereocenters. The molecule has 4 atom stereocenters.